The van der Waals surface area contributed by atoms with E-state index in [1.54, 1.807) is 12.1 Å². The molecule has 0 radical (unpaired) electrons. The smallest absolute Gasteiger partial charge is 0.343 e. The molecule has 0 unspecified atom stereocenters. The minimum absolute atomic E-state index is 0.0548. The number of halogens is 2. The van der Waals surface area contributed by atoms with Crippen molar-refractivity contribution in [1.29, 1.82) is 0 Å². The lowest BCUT2D eigenvalue weighted by molar-refractivity contribution is 0.0314. The Morgan fingerprint density at radius 3 is 2.43 bits per heavy atom. The van der Waals surface area contributed by atoms with E-state index in [0.29, 0.717) is 5.56 Å². The highest BCUT2D eigenvalue weighted by Crippen LogP contribution is 2.21. The Morgan fingerprint density at radius 1 is 1.13 bits per heavy atom. The molecular weight excluding hydrogens is 319 g/mol. The maximum atomic E-state index is 13.7. The quantitative estimate of drug-likeness (QED) is 0.609. The first-order valence-corrected chi connectivity index (χ1v) is 7.45. The molecule has 0 saturated heterocycles. The molecule has 23 heavy (non-hydrogen) atoms. The molecule has 2 aromatic carbocycles. The van der Waals surface area contributed by atoms with Crippen LogP contribution in [0.1, 0.15) is 38.8 Å². The molecule has 0 fully saturated rings. The van der Waals surface area contributed by atoms with Gasteiger partial charge in [0.2, 0.25) is 5.78 Å². The SMILES string of the molecule is Cc1ccc(C(=O)[C@H](C)OC(=O)c2c(F)cccc2Cl)cc1C. The summed E-state index contributed by atoms with van der Waals surface area (Å²) < 4.78 is 18.8. The van der Waals surface area contributed by atoms with Crippen LogP contribution in [0.15, 0.2) is 36.4 Å². The van der Waals surface area contributed by atoms with Crippen molar-refractivity contribution in [3.8, 4) is 0 Å². The van der Waals surface area contributed by atoms with Crippen molar-refractivity contribution in [2.24, 2.45) is 0 Å². The van der Waals surface area contributed by atoms with Gasteiger partial charge in [0.05, 0.1) is 5.02 Å². The molecular formula is C18H16ClFO3. The van der Waals surface area contributed by atoms with Gasteiger partial charge in [0.25, 0.3) is 0 Å². The van der Waals surface area contributed by atoms with Crippen molar-refractivity contribution in [1.82, 2.24) is 0 Å². The van der Waals surface area contributed by atoms with Crippen LogP contribution in [0.25, 0.3) is 0 Å². The van der Waals surface area contributed by atoms with Crippen LogP contribution in [0, 0.1) is 19.7 Å². The van der Waals surface area contributed by atoms with Gasteiger partial charge >= 0.3 is 5.97 Å². The maximum absolute atomic E-state index is 13.7. The standard InChI is InChI=1S/C18H16ClFO3/c1-10-7-8-13(9-11(10)2)17(21)12(3)23-18(22)16-14(19)5-4-6-15(16)20/h4-9,12H,1-3H3/t12-/m0/s1. The highest BCUT2D eigenvalue weighted by atomic mass is 35.5. The van der Waals surface area contributed by atoms with Gasteiger partial charge in [-0.3, -0.25) is 4.79 Å². The number of hydrogen-bond donors (Lipinski definition) is 0. The summed E-state index contributed by atoms with van der Waals surface area (Å²) >= 11 is 5.82. The summed E-state index contributed by atoms with van der Waals surface area (Å²) in [5.74, 6) is -2.10. The maximum Gasteiger partial charge on any atom is 0.343 e. The predicted octanol–water partition coefficient (Wildman–Crippen LogP) is 4.52. The Kier molecular flexibility index (Phi) is 5.16. The Balaban J connectivity index is 2.17. The molecule has 0 amide bonds. The molecule has 0 bridgehead atoms. The van der Waals surface area contributed by atoms with Gasteiger partial charge in [-0.2, -0.15) is 0 Å². The summed E-state index contributed by atoms with van der Waals surface area (Å²) in [6, 6.07) is 9.11. The molecule has 0 aliphatic carbocycles. The van der Waals surface area contributed by atoms with Gasteiger partial charge in [0, 0.05) is 5.56 Å². The first-order chi connectivity index (χ1) is 10.8. The number of Topliss-reactive ketones (excluding diaryl/α,β-unsaturated/α-hetero) is 1. The number of carbonyl (C=O) groups is 2. The molecule has 0 N–H and O–H groups in total. The second-order valence-electron chi connectivity index (χ2n) is 5.31. The van der Waals surface area contributed by atoms with E-state index in [9.17, 15) is 14.0 Å². The number of hydrogen-bond acceptors (Lipinski definition) is 3. The van der Waals surface area contributed by atoms with Gasteiger partial charge in [-0.25, -0.2) is 9.18 Å². The third-order valence-electron chi connectivity index (χ3n) is 3.61. The fourth-order valence-electron chi connectivity index (χ4n) is 2.10. The zero-order valence-corrected chi connectivity index (χ0v) is 13.8. The molecule has 120 valence electrons. The van der Waals surface area contributed by atoms with Crippen LogP contribution in [0.2, 0.25) is 5.02 Å². The Morgan fingerprint density at radius 2 is 1.83 bits per heavy atom. The third kappa shape index (κ3) is 3.77. The van der Waals surface area contributed by atoms with Gasteiger partial charge < -0.3 is 4.74 Å². The Hall–Kier alpha value is -2.20. The fraction of sp³-hybridized carbons (Fsp3) is 0.222. The van der Waals surface area contributed by atoms with Crippen LogP contribution in [-0.2, 0) is 4.74 Å². The van der Waals surface area contributed by atoms with E-state index in [4.69, 9.17) is 16.3 Å². The first kappa shape index (κ1) is 17.2. The highest BCUT2D eigenvalue weighted by Gasteiger charge is 2.24. The second kappa shape index (κ2) is 6.92. The number of benzene rings is 2. The third-order valence-corrected chi connectivity index (χ3v) is 3.93. The number of esters is 1. The van der Waals surface area contributed by atoms with E-state index in [0.717, 1.165) is 17.2 Å². The number of rotatable bonds is 4. The van der Waals surface area contributed by atoms with Crippen LogP contribution in [-0.4, -0.2) is 17.9 Å². The monoisotopic (exact) mass is 334 g/mol. The molecule has 0 spiro atoms. The van der Waals surface area contributed by atoms with Crippen molar-refractivity contribution in [3.05, 3.63) is 69.5 Å². The average Bonchev–Trinajstić information content (AvgIpc) is 2.49. The lowest BCUT2D eigenvalue weighted by Gasteiger charge is -2.14. The van der Waals surface area contributed by atoms with Crippen molar-refractivity contribution < 1.29 is 18.7 Å². The van der Waals surface area contributed by atoms with Crippen LogP contribution < -0.4 is 0 Å². The van der Waals surface area contributed by atoms with Crippen molar-refractivity contribution in [3.63, 3.8) is 0 Å². The molecule has 3 nitrogen and oxygen atoms in total. The molecule has 2 rings (SSSR count). The van der Waals surface area contributed by atoms with Gasteiger partial charge in [-0.05, 0) is 50.1 Å². The largest absolute Gasteiger partial charge is 0.451 e. The minimum Gasteiger partial charge on any atom is -0.451 e. The number of aryl methyl sites for hydroxylation is 2. The van der Waals surface area contributed by atoms with E-state index in [-0.39, 0.29) is 16.4 Å². The lowest BCUT2D eigenvalue weighted by atomic mass is 10.0. The van der Waals surface area contributed by atoms with Crippen molar-refractivity contribution >= 4 is 23.4 Å². The summed E-state index contributed by atoms with van der Waals surface area (Å²) in [4.78, 5) is 24.4. The summed E-state index contributed by atoms with van der Waals surface area (Å²) in [6.07, 6.45) is -1.04. The van der Waals surface area contributed by atoms with E-state index >= 15 is 0 Å². The lowest BCUT2D eigenvalue weighted by Crippen LogP contribution is -2.25. The second-order valence-corrected chi connectivity index (χ2v) is 5.71. The van der Waals surface area contributed by atoms with Gasteiger partial charge in [0.1, 0.15) is 11.4 Å². The minimum atomic E-state index is -1.04. The number of ether oxygens (including phenoxy) is 1. The van der Waals surface area contributed by atoms with E-state index in [1.165, 1.54) is 19.1 Å². The summed E-state index contributed by atoms with van der Waals surface area (Å²) in [5.41, 5.74) is 2.10. The van der Waals surface area contributed by atoms with Crippen molar-refractivity contribution in [2.75, 3.05) is 0 Å². The van der Waals surface area contributed by atoms with Crippen LogP contribution in [0.5, 0.6) is 0 Å². The molecule has 0 aliphatic rings. The van der Waals surface area contributed by atoms with E-state index in [1.807, 2.05) is 19.9 Å². The molecule has 0 heterocycles. The summed E-state index contributed by atoms with van der Waals surface area (Å²) in [5, 5.41) is -0.0548. The molecule has 1 atom stereocenters. The molecule has 0 saturated carbocycles. The normalized spacial score (nSPS) is 11.9. The summed E-state index contributed by atoms with van der Waals surface area (Å²) in [7, 11) is 0. The zero-order chi connectivity index (χ0) is 17.1. The van der Waals surface area contributed by atoms with Crippen LogP contribution in [0.3, 0.4) is 0 Å². The molecule has 0 aromatic heterocycles. The highest BCUT2D eigenvalue weighted by molar-refractivity contribution is 6.33. The predicted molar refractivity (Wildman–Crippen MR) is 86.5 cm³/mol. The number of carbonyl (C=O) groups excluding carboxylic acids is 2. The Bertz CT molecular complexity index is 751. The van der Waals surface area contributed by atoms with Gasteiger partial charge in [-0.1, -0.05) is 29.8 Å². The van der Waals surface area contributed by atoms with Gasteiger partial charge in [0.15, 0.2) is 6.10 Å². The van der Waals surface area contributed by atoms with E-state index < -0.39 is 17.9 Å². The van der Waals surface area contributed by atoms with Crippen LogP contribution >= 0.6 is 11.6 Å². The Labute approximate surface area is 139 Å². The van der Waals surface area contributed by atoms with Gasteiger partial charge in [-0.15, -0.1) is 0 Å². The zero-order valence-electron chi connectivity index (χ0n) is 13.0. The fourth-order valence-corrected chi connectivity index (χ4v) is 2.34. The number of ketones is 1. The van der Waals surface area contributed by atoms with E-state index in [2.05, 4.69) is 0 Å². The van der Waals surface area contributed by atoms with Crippen molar-refractivity contribution in [2.45, 2.75) is 26.9 Å². The molecule has 2 aromatic rings. The average molecular weight is 335 g/mol. The molecule has 0 aliphatic heterocycles. The molecule has 5 heteroatoms. The first-order valence-electron chi connectivity index (χ1n) is 7.07. The van der Waals surface area contributed by atoms with Crippen LogP contribution in [0.4, 0.5) is 4.39 Å². The topological polar surface area (TPSA) is 43.4 Å². The summed E-state index contributed by atoms with van der Waals surface area (Å²) in [6.45, 7) is 5.28.